The highest BCUT2D eigenvalue weighted by molar-refractivity contribution is 6.10. The Morgan fingerprint density at radius 2 is 1.93 bits per heavy atom. The molecule has 3 aromatic heterocycles. The third-order valence-electron chi connectivity index (χ3n) is 9.14. The van der Waals surface area contributed by atoms with Crippen LogP contribution in [0.3, 0.4) is 0 Å². The number of hydrogen-bond donors (Lipinski definition) is 1. The van der Waals surface area contributed by atoms with E-state index in [0.29, 0.717) is 23.4 Å². The number of primary amides is 1. The third-order valence-corrected chi connectivity index (χ3v) is 9.14. The van der Waals surface area contributed by atoms with Crippen LogP contribution in [0.2, 0.25) is 0 Å². The highest BCUT2D eigenvalue weighted by Crippen LogP contribution is 2.42. The average Bonchev–Trinajstić information content (AvgIpc) is 3.73. The van der Waals surface area contributed by atoms with Crippen LogP contribution < -0.4 is 10.5 Å². The van der Waals surface area contributed by atoms with Gasteiger partial charge in [-0.05, 0) is 50.9 Å². The first-order valence-electron chi connectivity index (χ1n) is 14.7. The number of rotatable bonds is 6. The van der Waals surface area contributed by atoms with Gasteiger partial charge in [-0.2, -0.15) is 0 Å². The van der Waals surface area contributed by atoms with Crippen LogP contribution >= 0.6 is 0 Å². The van der Waals surface area contributed by atoms with E-state index in [0.717, 1.165) is 95.9 Å². The van der Waals surface area contributed by atoms with E-state index in [1.165, 1.54) is 0 Å². The lowest BCUT2D eigenvalue weighted by molar-refractivity contribution is 0.0419. The van der Waals surface area contributed by atoms with Crippen molar-refractivity contribution < 1.29 is 14.3 Å². The highest BCUT2D eigenvalue weighted by atomic mass is 16.5. The molecule has 9 nitrogen and oxygen atoms in total. The predicted octanol–water partition coefficient (Wildman–Crippen LogP) is 4.94. The zero-order chi connectivity index (χ0) is 29.0. The minimum absolute atomic E-state index is 0.339. The summed E-state index contributed by atoms with van der Waals surface area (Å²) in [7, 11) is 3.53. The number of ether oxygens (including phenoxy) is 2. The van der Waals surface area contributed by atoms with Gasteiger partial charge < -0.3 is 19.8 Å². The standard InChI is InChI=1S/C33H36N6O3/c1-20-30-29(36-33(39(30)15-13-35-20)22-10-14-38(19-22)23-11-16-42-17-12-23)21-8-9-25(27(18-21)41-3)28-24-6-4-5-7-26(24)37(2)31(28)32(34)40/h4-9,13,15,18,22-23H,10-12,14,16-17,19H2,1-3H3,(H2,34,40). The summed E-state index contributed by atoms with van der Waals surface area (Å²) in [6, 6.07) is 14.6. The number of likely N-dealkylation sites (tertiary alicyclic amines) is 1. The monoisotopic (exact) mass is 564 g/mol. The van der Waals surface area contributed by atoms with Crippen LogP contribution in [0.15, 0.2) is 54.9 Å². The van der Waals surface area contributed by atoms with Crippen molar-refractivity contribution in [1.82, 2.24) is 23.8 Å². The maximum atomic E-state index is 12.6. The second-order valence-electron chi connectivity index (χ2n) is 11.5. The molecule has 42 heavy (non-hydrogen) atoms. The molecule has 2 aliphatic heterocycles. The number of imidazole rings is 1. The highest BCUT2D eigenvalue weighted by Gasteiger charge is 2.33. The molecule has 2 aliphatic rings. The number of aryl methyl sites for hydroxylation is 2. The topological polar surface area (TPSA) is 99.9 Å². The summed E-state index contributed by atoms with van der Waals surface area (Å²) in [6.07, 6.45) is 7.17. The summed E-state index contributed by atoms with van der Waals surface area (Å²) in [5.74, 6) is 1.59. The van der Waals surface area contributed by atoms with E-state index >= 15 is 0 Å². The number of benzene rings is 2. The number of carbonyl (C=O) groups is 1. The van der Waals surface area contributed by atoms with Crippen LogP contribution in [0, 0.1) is 6.92 Å². The molecule has 216 valence electrons. The van der Waals surface area contributed by atoms with E-state index in [2.05, 4.69) is 20.4 Å². The molecule has 1 unspecified atom stereocenters. The third kappa shape index (κ3) is 4.26. The maximum Gasteiger partial charge on any atom is 0.266 e. The Morgan fingerprint density at radius 1 is 1.12 bits per heavy atom. The fourth-order valence-electron chi connectivity index (χ4n) is 7.09. The van der Waals surface area contributed by atoms with Crippen molar-refractivity contribution in [1.29, 1.82) is 0 Å². The molecule has 5 aromatic rings. The van der Waals surface area contributed by atoms with Crippen LogP contribution in [-0.2, 0) is 11.8 Å². The molecule has 5 heterocycles. The van der Waals surface area contributed by atoms with Gasteiger partial charge in [0, 0.05) is 78.8 Å². The summed E-state index contributed by atoms with van der Waals surface area (Å²) in [6.45, 7) is 5.83. The number of aromatic nitrogens is 4. The van der Waals surface area contributed by atoms with Crippen LogP contribution in [0.4, 0.5) is 0 Å². The van der Waals surface area contributed by atoms with Gasteiger partial charge in [0.05, 0.1) is 24.0 Å². The molecule has 9 heteroatoms. The second kappa shape index (κ2) is 10.6. The molecule has 0 radical (unpaired) electrons. The van der Waals surface area contributed by atoms with Crippen molar-refractivity contribution >= 4 is 22.3 Å². The first-order chi connectivity index (χ1) is 20.5. The molecule has 2 aromatic carbocycles. The van der Waals surface area contributed by atoms with Gasteiger partial charge >= 0.3 is 0 Å². The second-order valence-corrected chi connectivity index (χ2v) is 11.5. The minimum Gasteiger partial charge on any atom is -0.496 e. The maximum absolute atomic E-state index is 12.6. The fraction of sp³-hybridized carbons (Fsp3) is 0.364. The quantitative estimate of drug-likeness (QED) is 0.314. The van der Waals surface area contributed by atoms with Crippen LogP contribution in [0.25, 0.3) is 38.8 Å². The van der Waals surface area contributed by atoms with Crippen molar-refractivity contribution in [2.24, 2.45) is 12.8 Å². The Morgan fingerprint density at radius 3 is 2.71 bits per heavy atom. The van der Waals surface area contributed by atoms with Gasteiger partial charge in [0.1, 0.15) is 17.3 Å². The molecular formula is C33H36N6O3. The molecule has 2 N–H and O–H groups in total. The summed E-state index contributed by atoms with van der Waals surface area (Å²) in [5.41, 5.74) is 12.6. The first-order valence-corrected chi connectivity index (χ1v) is 14.7. The molecular weight excluding hydrogens is 528 g/mol. The van der Waals surface area contributed by atoms with Crippen molar-refractivity contribution in [3.63, 3.8) is 0 Å². The smallest absolute Gasteiger partial charge is 0.266 e. The largest absolute Gasteiger partial charge is 0.496 e. The summed E-state index contributed by atoms with van der Waals surface area (Å²) in [4.78, 5) is 25.2. The average molecular weight is 565 g/mol. The lowest BCUT2D eigenvalue weighted by Gasteiger charge is -2.30. The Hall–Kier alpha value is -4.21. The number of nitrogens with two attached hydrogens (primary N) is 1. The number of methoxy groups -OCH3 is 1. The molecule has 0 bridgehead atoms. The Kier molecular flexibility index (Phi) is 6.71. The van der Waals surface area contributed by atoms with Crippen molar-refractivity contribution in [3.8, 4) is 28.1 Å². The van der Waals surface area contributed by atoms with Gasteiger partial charge in [-0.1, -0.05) is 24.3 Å². The number of para-hydroxylation sites is 1. The molecule has 7 rings (SSSR count). The van der Waals surface area contributed by atoms with E-state index in [4.69, 9.17) is 20.2 Å². The van der Waals surface area contributed by atoms with E-state index in [-0.39, 0.29) is 0 Å². The Labute approximate surface area is 244 Å². The van der Waals surface area contributed by atoms with Gasteiger partial charge in [0.15, 0.2) is 0 Å². The molecule has 0 spiro atoms. The molecule has 2 fully saturated rings. The van der Waals surface area contributed by atoms with E-state index in [9.17, 15) is 4.79 Å². The number of nitrogens with zero attached hydrogens (tertiary/aromatic N) is 5. The van der Waals surface area contributed by atoms with Gasteiger partial charge in [0.2, 0.25) is 0 Å². The number of hydrogen-bond acceptors (Lipinski definition) is 6. The van der Waals surface area contributed by atoms with Crippen LogP contribution in [-0.4, -0.2) is 69.2 Å². The summed E-state index contributed by atoms with van der Waals surface area (Å²) < 4.78 is 15.6. The van der Waals surface area contributed by atoms with Crippen molar-refractivity contribution in [3.05, 3.63) is 72.1 Å². The molecule has 2 saturated heterocycles. The van der Waals surface area contributed by atoms with Gasteiger partial charge in [0.25, 0.3) is 5.91 Å². The number of amides is 1. The molecule has 0 aliphatic carbocycles. The van der Waals surface area contributed by atoms with Crippen molar-refractivity contribution in [2.75, 3.05) is 33.4 Å². The van der Waals surface area contributed by atoms with Crippen molar-refractivity contribution in [2.45, 2.75) is 38.1 Å². The molecule has 0 saturated carbocycles. The van der Waals surface area contributed by atoms with Gasteiger partial charge in [-0.15, -0.1) is 0 Å². The van der Waals surface area contributed by atoms with Gasteiger partial charge in [-0.25, -0.2) is 4.98 Å². The van der Waals surface area contributed by atoms with E-state index in [1.807, 2.05) is 67.3 Å². The van der Waals surface area contributed by atoms with E-state index in [1.54, 1.807) is 7.11 Å². The number of carbonyl (C=O) groups excluding carboxylic acids is 1. The zero-order valence-corrected chi connectivity index (χ0v) is 24.3. The van der Waals surface area contributed by atoms with Crippen LogP contribution in [0.5, 0.6) is 5.75 Å². The lowest BCUT2D eigenvalue weighted by Crippen LogP contribution is -2.37. The Bertz CT molecular complexity index is 1820. The first kappa shape index (κ1) is 26.7. The van der Waals surface area contributed by atoms with E-state index < -0.39 is 5.91 Å². The predicted molar refractivity (Wildman–Crippen MR) is 163 cm³/mol. The lowest BCUT2D eigenvalue weighted by atomic mass is 9.98. The normalized spacial score (nSPS) is 18.3. The zero-order valence-electron chi connectivity index (χ0n) is 24.3. The summed E-state index contributed by atoms with van der Waals surface area (Å²) in [5, 5.41) is 0.949. The fourth-order valence-corrected chi connectivity index (χ4v) is 7.09. The SMILES string of the molecule is COc1cc(-c2nc(C3CCN(C4CCOCC4)C3)n3ccnc(C)c23)ccc1-c1c(C(N)=O)n(C)c2ccccc12. The van der Waals surface area contributed by atoms with Crippen LogP contribution in [0.1, 0.15) is 47.2 Å². The molecule has 1 amide bonds. The number of fused-ring (bicyclic) bond motifs is 2. The molecule has 1 atom stereocenters. The summed E-state index contributed by atoms with van der Waals surface area (Å²) >= 11 is 0. The van der Waals surface area contributed by atoms with Gasteiger partial charge in [-0.3, -0.25) is 19.1 Å². The Balaban J connectivity index is 1.32. The minimum atomic E-state index is -0.479.